The van der Waals surface area contributed by atoms with Gasteiger partial charge in [-0.2, -0.15) is 0 Å². The molecular weight excluding hydrogens is 264 g/mol. The van der Waals surface area contributed by atoms with Gasteiger partial charge in [0.1, 0.15) is 0 Å². The molecule has 3 atom stereocenters. The van der Waals surface area contributed by atoms with E-state index < -0.39 is 0 Å². The Hall–Kier alpha value is -1.58. The summed E-state index contributed by atoms with van der Waals surface area (Å²) in [5.74, 6) is 1.47. The van der Waals surface area contributed by atoms with Crippen molar-refractivity contribution in [3.8, 4) is 0 Å². The van der Waals surface area contributed by atoms with Crippen LogP contribution < -0.4 is 5.56 Å². The SMILES string of the molecule is C[C@@H]1CCN(C(=O)c2ccc(=O)n(C)c2)[C@H]2CCCC[C@H]12. The number of aromatic nitrogens is 1. The fraction of sp³-hybridized carbons (Fsp3) is 0.647. The number of hydrogen-bond donors (Lipinski definition) is 0. The van der Waals surface area contributed by atoms with E-state index in [4.69, 9.17) is 0 Å². The van der Waals surface area contributed by atoms with Gasteiger partial charge in [0.2, 0.25) is 5.56 Å². The van der Waals surface area contributed by atoms with Crippen LogP contribution in [0.4, 0.5) is 0 Å². The molecule has 1 saturated heterocycles. The van der Waals surface area contributed by atoms with Gasteiger partial charge in [-0.3, -0.25) is 9.59 Å². The minimum Gasteiger partial charge on any atom is -0.335 e. The standard InChI is InChI=1S/C17H24N2O2/c1-12-9-10-19(15-6-4-3-5-14(12)15)17(21)13-7-8-16(20)18(2)11-13/h7-8,11-12,14-15H,3-6,9-10H2,1-2H3/t12-,14-,15+/m1/s1. The lowest BCUT2D eigenvalue weighted by Crippen LogP contribution is -2.52. The Balaban J connectivity index is 1.86. The number of carbonyl (C=O) groups is 1. The van der Waals surface area contributed by atoms with Crippen molar-refractivity contribution >= 4 is 5.91 Å². The van der Waals surface area contributed by atoms with E-state index in [2.05, 4.69) is 11.8 Å². The molecule has 0 unspecified atom stereocenters. The van der Waals surface area contributed by atoms with Crippen LogP contribution in [0, 0.1) is 11.8 Å². The molecule has 4 heteroatoms. The Morgan fingerprint density at radius 3 is 2.71 bits per heavy atom. The van der Waals surface area contributed by atoms with Crippen molar-refractivity contribution in [2.45, 2.75) is 45.1 Å². The molecule has 1 saturated carbocycles. The van der Waals surface area contributed by atoms with Gasteiger partial charge in [-0.15, -0.1) is 0 Å². The third-order valence-corrected chi connectivity index (χ3v) is 5.33. The van der Waals surface area contributed by atoms with Gasteiger partial charge in [-0.25, -0.2) is 0 Å². The van der Waals surface area contributed by atoms with E-state index >= 15 is 0 Å². The topological polar surface area (TPSA) is 42.3 Å². The van der Waals surface area contributed by atoms with Gasteiger partial charge in [0.05, 0.1) is 5.56 Å². The van der Waals surface area contributed by atoms with Crippen LogP contribution in [0.3, 0.4) is 0 Å². The third-order valence-electron chi connectivity index (χ3n) is 5.33. The number of likely N-dealkylation sites (tertiary alicyclic amines) is 1. The van der Waals surface area contributed by atoms with Crippen molar-refractivity contribution in [3.63, 3.8) is 0 Å². The molecule has 2 heterocycles. The van der Waals surface area contributed by atoms with E-state index in [1.54, 1.807) is 19.3 Å². The highest BCUT2D eigenvalue weighted by atomic mass is 16.2. The maximum absolute atomic E-state index is 12.8. The molecule has 1 aromatic heterocycles. The van der Waals surface area contributed by atoms with Crippen molar-refractivity contribution in [1.82, 2.24) is 9.47 Å². The molecule has 114 valence electrons. The van der Waals surface area contributed by atoms with E-state index in [0.29, 0.717) is 17.5 Å². The monoisotopic (exact) mass is 288 g/mol. The molecule has 2 fully saturated rings. The van der Waals surface area contributed by atoms with E-state index in [1.807, 2.05) is 0 Å². The molecule has 2 aliphatic rings. The zero-order valence-corrected chi connectivity index (χ0v) is 12.9. The van der Waals surface area contributed by atoms with Crippen LogP contribution in [0.2, 0.25) is 0 Å². The average Bonchev–Trinajstić information content (AvgIpc) is 2.50. The van der Waals surface area contributed by atoms with Gasteiger partial charge in [0.15, 0.2) is 0 Å². The van der Waals surface area contributed by atoms with Gasteiger partial charge in [-0.05, 0) is 37.2 Å². The van der Waals surface area contributed by atoms with Crippen molar-refractivity contribution in [1.29, 1.82) is 0 Å². The summed E-state index contributed by atoms with van der Waals surface area (Å²) >= 11 is 0. The molecule has 0 bridgehead atoms. The van der Waals surface area contributed by atoms with Crippen molar-refractivity contribution in [3.05, 3.63) is 34.2 Å². The second-order valence-corrected chi connectivity index (χ2v) is 6.65. The maximum Gasteiger partial charge on any atom is 0.255 e. The predicted octanol–water partition coefficient (Wildman–Crippen LogP) is 2.43. The van der Waals surface area contributed by atoms with E-state index in [-0.39, 0.29) is 11.5 Å². The first kappa shape index (κ1) is 14.4. The van der Waals surface area contributed by atoms with Crippen LogP contribution >= 0.6 is 0 Å². The fourth-order valence-electron chi connectivity index (χ4n) is 4.05. The minimum atomic E-state index is -0.0747. The third kappa shape index (κ3) is 2.63. The second-order valence-electron chi connectivity index (χ2n) is 6.65. The summed E-state index contributed by atoms with van der Waals surface area (Å²) in [5.41, 5.74) is 0.560. The summed E-state index contributed by atoms with van der Waals surface area (Å²) in [6.07, 6.45) is 7.67. The summed E-state index contributed by atoms with van der Waals surface area (Å²) in [4.78, 5) is 26.4. The number of carbonyl (C=O) groups excluding carboxylic acids is 1. The van der Waals surface area contributed by atoms with Gasteiger partial charge < -0.3 is 9.47 Å². The molecule has 0 spiro atoms. The first-order chi connectivity index (χ1) is 10.1. The molecule has 3 rings (SSSR count). The highest BCUT2D eigenvalue weighted by Crippen LogP contribution is 2.39. The van der Waals surface area contributed by atoms with Crippen LogP contribution in [0.25, 0.3) is 0 Å². The van der Waals surface area contributed by atoms with Crippen LogP contribution in [0.1, 0.15) is 49.4 Å². The lowest BCUT2D eigenvalue weighted by Gasteiger charge is -2.47. The molecule has 1 aliphatic heterocycles. The summed E-state index contributed by atoms with van der Waals surface area (Å²) in [6, 6.07) is 3.55. The molecule has 0 radical (unpaired) electrons. The normalized spacial score (nSPS) is 29.0. The number of amides is 1. The lowest BCUT2D eigenvalue weighted by atomic mass is 9.72. The number of nitrogens with zero attached hydrogens (tertiary/aromatic N) is 2. The highest BCUT2D eigenvalue weighted by molar-refractivity contribution is 5.94. The minimum absolute atomic E-state index is 0.0747. The van der Waals surface area contributed by atoms with Crippen molar-refractivity contribution < 1.29 is 4.79 Å². The lowest BCUT2D eigenvalue weighted by molar-refractivity contribution is 0.0217. The molecule has 4 nitrogen and oxygen atoms in total. The van der Waals surface area contributed by atoms with E-state index in [0.717, 1.165) is 25.3 Å². The summed E-state index contributed by atoms with van der Waals surface area (Å²) < 4.78 is 1.48. The van der Waals surface area contributed by atoms with E-state index in [9.17, 15) is 9.59 Å². The molecule has 1 aromatic rings. The molecule has 21 heavy (non-hydrogen) atoms. The predicted molar refractivity (Wildman–Crippen MR) is 82.2 cm³/mol. The Kier molecular flexibility index (Phi) is 3.87. The Morgan fingerprint density at radius 2 is 1.95 bits per heavy atom. The summed E-state index contributed by atoms with van der Waals surface area (Å²) in [5, 5.41) is 0. The maximum atomic E-state index is 12.8. The first-order valence-corrected chi connectivity index (χ1v) is 8.05. The average molecular weight is 288 g/mol. The fourth-order valence-corrected chi connectivity index (χ4v) is 4.05. The number of aryl methyl sites for hydroxylation is 1. The molecule has 0 aromatic carbocycles. The molecule has 0 N–H and O–H groups in total. The van der Waals surface area contributed by atoms with E-state index in [1.165, 1.54) is 29.9 Å². The molecule has 1 aliphatic carbocycles. The number of pyridine rings is 1. The molecule has 1 amide bonds. The van der Waals surface area contributed by atoms with Crippen molar-refractivity contribution in [2.24, 2.45) is 18.9 Å². The highest BCUT2D eigenvalue weighted by Gasteiger charge is 2.39. The largest absolute Gasteiger partial charge is 0.335 e. The number of rotatable bonds is 1. The Labute approximate surface area is 125 Å². The number of fused-ring (bicyclic) bond motifs is 1. The van der Waals surface area contributed by atoms with Crippen LogP contribution in [0.15, 0.2) is 23.1 Å². The number of piperidine rings is 1. The quantitative estimate of drug-likeness (QED) is 0.796. The number of hydrogen-bond acceptors (Lipinski definition) is 2. The smallest absolute Gasteiger partial charge is 0.255 e. The van der Waals surface area contributed by atoms with Gasteiger partial charge in [0, 0.05) is 31.9 Å². The zero-order chi connectivity index (χ0) is 15.0. The second kappa shape index (κ2) is 5.66. The molecular formula is C17H24N2O2. The van der Waals surface area contributed by atoms with Gasteiger partial charge in [0.25, 0.3) is 5.91 Å². The van der Waals surface area contributed by atoms with Gasteiger partial charge >= 0.3 is 0 Å². The Bertz CT molecular complexity index is 593. The van der Waals surface area contributed by atoms with Crippen LogP contribution in [0.5, 0.6) is 0 Å². The first-order valence-electron chi connectivity index (χ1n) is 8.05. The summed E-state index contributed by atoms with van der Waals surface area (Å²) in [7, 11) is 1.70. The van der Waals surface area contributed by atoms with Crippen molar-refractivity contribution in [2.75, 3.05) is 6.54 Å². The Morgan fingerprint density at radius 1 is 1.19 bits per heavy atom. The summed E-state index contributed by atoms with van der Waals surface area (Å²) in [6.45, 7) is 3.18. The zero-order valence-electron chi connectivity index (χ0n) is 12.9. The van der Waals surface area contributed by atoms with Crippen LogP contribution in [-0.2, 0) is 7.05 Å². The van der Waals surface area contributed by atoms with Gasteiger partial charge in [-0.1, -0.05) is 19.8 Å². The van der Waals surface area contributed by atoms with Crippen LogP contribution in [-0.4, -0.2) is 28.0 Å².